The fourth-order valence-electron chi connectivity index (χ4n) is 3.74. The molecular formula is C21H22F2N4O. The Kier molecular flexibility index (Phi) is 5.43. The van der Waals surface area contributed by atoms with Gasteiger partial charge in [-0.05, 0) is 49.0 Å². The Morgan fingerprint density at radius 3 is 2.68 bits per heavy atom. The number of aromatic nitrogens is 3. The van der Waals surface area contributed by atoms with Gasteiger partial charge in [-0.15, -0.1) is 0 Å². The molecule has 1 N–H and O–H groups in total. The number of H-pyrrole nitrogens is 1. The molecule has 0 radical (unpaired) electrons. The number of ketones is 1. The van der Waals surface area contributed by atoms with Crippen molar-refractivity contribution in [1.29, 1.82) is 0 Å². The zero-order chi connectivity index (χ0) is 19.5. The quantitative estimate of drug-likeness (QED) is 0.704. The van der Waals surface area contributed by atoms with Crippen LogP contribution in [0.15, 0.2) is 42.9 Å². The smallest absolute Gasteiger partial charge is 0.241 e. The highest BCUT2D eigenvalue weighted by molar-refractivity contribution is 5.88. The average Bonchev–Trinajstić information content (AvgIpc) is 3.22. The van der Waals surface area contributed by atoms with E-state index in [0.717, 1.165) is 27.6 Å². The van der Waals surface area contributed by atoms with E-state index in [9.17, 15) is 13.6 Å². The normalized spacial score (nSPS) is 16.1. The van der Waals surface area contributed by atoms with Crippen molar-refractivity contribution in [3.8, 4) is 11.1 Å². The molecule has 0 bridgehead atoms. The molecule has 0 spiro atoms. The minimum Gasteiger partial charge on any atom is -0.298 e. The molecule has 1 fully saturated rings. The van der Waals surface area contributed by atoms with Crippen molar-refractivity contribution < 1.29 is 13.6 Å². The molecule has 7 heteroatoms. The van der Waals surface area contributed by atoms with Crippen molar-refractivity contribution in [2.45, 2.75) is 25.7 Å². The summed E-state index contributed by atoms with van der Waals surface area (Å²) in [4.78, 5) is 18.8. The lowest BCUT2D eigenvalue weighted by Gasteiger charge is -2.30. The maximum atomic E-state index is 12.7. The number of pyridine rings is 1. The summed E-state index contributed by atoms with van der Waals surface area (Å²) in [6, 6.07) is 8.02. The van der Waals surface area contributed by atoms with Crippen molar-refractivity contribution in [3.63, 3.8) is 0 Å². The highest BCUT2D eigenvalue weighted by Crippen LogP contribution is 2.25. The number of hydrogen-bond donors (Lipinski definition) is 1. The van der Waals surface area contributed by atoms with Crippen LogP contribution in [0, 0.1) is 5.92 Å². The second kappa shape index (κ2) is 8.14. The van der Waals surface area contributed by atoms with E-state index < -0.39 is 12.3 Å². The fraction of sp³-hybridized carbons (Fsp3) is 0.381. The van der Waals surface area contributed by atoms with Gasteiger partial charge in [-0.1, -0.05) is 12.1 Å². The molecule has 3 aromatic rings. The first-order valence-electron chi connectivity index (χ1n) is 9.48. The van der Waals surface area contributed by atoms with Gasteiger partial charge >= 0.3 is 0 Å². The fourth-order valence-corrected chi connectivity index (χ4v) is 3.74. The molecule has 3 heterocycles. The Bertz CT molecular complexity index is 950. The third-order valence-corrected chi connectivity index (χ3v) is 5.38. The molecule has 0 amide bonds. The summed E-state index contributed by atoms with van der Waals surface area (Å²) in [7, 11) is 0. The Morgan fingerprint density at radius 1 is 1.14 bits per heavy atom. The van der Waals surface area contributed by atoms with Crippen LogP contribution in [-0.4, -0.2) is 51.9 Å². The lowest BCUT2D eigenvalue weighted by Crippen LogP contribution is -2.39. The lowest BCUT2D eigenvalue weighted by molar-refractivity contribution is -0.120. The van der Waals surface area contributed by atoms with Crippen LogP contribution in [0.4, 0.5) is 8.78 Å². The molecule has 0 aliphatic carbocycles. The molecule has 0 atom stereocenters. The molecule has 4 rings (SSSR count). The van der Waals surface area contributed by atoms with Crippen LogP contribution < -0.4 is 0 Å². The molecule has 1 aliphatic heterocycles. The number of piperidine rings is 1. The Hall–Kier alpha value is -2.67. The second-order valence-electron chi connectivity index (χ2n) is 7.39. The monoisotopic (exact) mass is 384 g/mol. The van der Waals surface area contributed by atoms with Crippen molar-refractivity contribution in [2.75, 3.05) is 19.6 Å². The van der Waals surface area contributed by atoms with Crippen molar-refractivity contribution in [2.24, 2.45) is 5.92 Å². The second-order valence-corrected chi connectivity index (χ2v) is 7.39. The van der Waals surface area contributed by atoms with Gasteiger partial charge in [-0.3, -0.25) is 19.8 Å². The summed E-state index contributed by atoms with van der Waals surface area (Å²) in [5.74, 6) is -0.466. The first-order valence-corrected chi connectivity index (χ1v) is 9.48. The molecule has 0 unspecified atom stereocenters. The Morgan fingerprint density at radius 2 is 1.96 bits per heavy atom. The number of Topliss-reactive ketones (excluding diaryl/α,β-unsaturated/α-hetero) is 1. The largest absolute Gasteiger partial charge is 0.298 e. The van der Waals surface area contributed by atoms with Crippen molar-refractivity contribution >= 4 is 16.6 Å². The molecule has 5 nitrogen and oxygen atoms in total. The van der Waals surface area contributed by atoms with Crippen LogP contribution >= 0.6 is 0 Å². The average molecular weight is 384 g/mol. The van der Waals surface area contributed by atoms with E-state index in [1.165, 1.54) is 0 Å². The van der Waals surface area contributed by atoms with Gasteiger partial charge in [-0.2, -0.15) is 5.10 Å². The minimum absolute atomic E-state index is 0.0633. The SMILES string of the molecule is O=C(Cc1cc2cc(-c3cn[nH]c3)ccc2cn1)CN1CCC(C(F)F)CC1. The number of aromatic amines is 1. The summed E-state index contributed by atoms with van der Waals surface area (Å²) >= 11 is 0. The molecule has 2 aromatic heterocycles. The first-order chi connectivity index (χ1) is 13.6. The lowest BCUT2D eigenvalue weighted by atomic mass is 9.97. The third-order valence-electron chi connectivity index (χ3n) is 5.38. The van der Waals surface area contributed by atoms with E-state index in [4.69, 9.17) is 0 Å². The van der Waals surface area contributed by atoms with Gasteiger partial charge in [-0.25, -0.2) is 8.78 Å². The number of alkyl halides is 2. The summed E-state index contributed by atoms with van der Waals surface area (Å²) < 4.78 is 25.5. The number of benzene rings is 1. The maximum absolute atomic E-state index is 12.7. The van der Waals surface area contributed by atoms with Crippen LogP contribution in [-0.2, 0) is 11.2 Å². The van der Waals surface area contributed by atoms with Crippen molar-refractivity contribution in [1.82, 2.24) is 20.1 Å². The molecule has 146 valence electrons. The van der Waals surface area contributed by atoms with Crippen LogP contribution in [0.1, 0.15) is 18.5 Å². The van der Waals surface area contributed by atoms with Crippen LogP contribution in [0.2, 0.25) is 0 Å². The number of likely N-dealkylation sites (tertiary alicyclic amines) is 1. The zero-order valence-corrected chi connectivity index (χ0v) is 15.4. The molecule has 0 saturated carbocycles. The van der Waals surface area contributed by atoms with Crippen LogP contribution in [0.3, 0.4) is 0 Å². The molecular weight excluding hydrogens is 362 g/mol. The molecule has 1 aliphatic rings. The zero-order valence-electron chi connectivity index (χ0n) is 15.4. The van der Waals surface area contributed by atoms with Gasteiger partial charge in [0.05, 0.1) is 19.2 Å². The molecule has 1 aromatic carbocycles. The van der Waals surface area contributed by atoms with Gasteiger partial charge in [0.2, 0.25) is 6.43 Å². The third kappa shape index (κ3) is 4.25. The van der Waals surface area contributed by atoms with E-state index in [2.05, 4.69) is 21.2 Å². The number of nitrogens with one attached hydrogen (secondary N) is 1. The summed E-state index contributed by atoms with van der Waals surface area (Å²) in [5, 5.41) is 8.82. The van der Waals surface area contributed by atoms with Gasteiger partial charge in [0.15, 0.2) is 5.78 Å². The van der Waals surface area contributed by atoms with Crippen LogP contribution in [0.25, 0.3) is 21.9 Å². The van der Waals surface area contributed by atoms with Gasteiger partial charge in [0.25, 0.3) is 0 Å². The van der Waals surface area contributed by atoms with E-state index in [1.807, 2.05) is 29.3 Å². The predicted molar refractivity (Wildman–Crippen MR) is 103 cm³/mol. The topological polar surface area (TPSA) is 61.9 Å². The number of halogens is 2. The standard InChI is InChI=1S/C21H22F2N4O/c22-21(23)14-3-5-27(6-4-14)13-20(28)9-19-8-17-7-15(18-11-25-26-12-18)1-2-16(17)10-24-19/h1-2,7-8,10-12,14,21H,3-6,9,13H2,(H,25,26). The number of nitrogens with zero attached hydrogens (tertiary/aromatic N) is 3. The van der Waals surface area contributed by atoms with Crippen molar-refractivity contribution in [3.05, 3.63) is 48.5 Å². The van der Waals surface area contributed by atoms with E-state index in [-0.39, 0.29) is 12.2 Å². The number of rotatable bonds is 6. The van der Waals surface area contributed by atoms with Crippen LogP contribution in [0.5, 0.6) is 0 Å². The number of hydrogen-bond acceptors (Lipinski definition) is 4. The highest BCUT2D eigenvalue weighted by Gasteiger charge is 2.26. The minimum atomic E-state index is -2.26. The Labute approximate surface area is 161 Å². The van der Waals surface area contributed by atoms with Gasteiger partial charge < -0.3 is 0 Å². The van der Waals surface area contributed by atoms with E-state index >= 15 is 0 Å². The molecule has 28 heavy (non-hydrogen) atoms. The van der Waals surface area contributed by atoms with Gasteiger partial charge in [0.1, 0.15) is 0 Å². The molecule has 1 saturated heterocycles. The predicted octanol–water partition coefficient (Wildman–Crippen LogP) is 3.71. The number of fused-ring (bicyclic) bond motifs is 1. The summed E-state index contributed by atoms with van der Waals surface area (Å²) in [6.07, 6.45) is 4.29. The Balaban J connectivity index is 1.41. The maximum Gasteiger partial charge on any atom is 0.241 e. The van der Waals surface area contributed by atoms with Gasteiger partial charge in [0, 0.05) is 35.0 Å². The number of carbonyl (C=O) groups is 1. The van der Waals surface area contributed by atoms with E-state index in [0.29, 0.717) is 32.5 Å². The summed E-state index contributed by atoms with van der Waals surface area (Å²) in [6.45, 7) is 1.41. The highest BCUT2D eigenvalue weighted by atomic mass is 19.3. The summed E-state index contributed by atoms with van der Waals surface area (Å²) in [5.41, 5.74) is 2.78. The first kappa shape index (κ1) is 18.7. The van der Waals surface area contributed by atoms with E-state index in [1.54, 1.807) is 12.4 Å². The number of carbonyl (C=O) groups excluding carboxylic acids is 1.